The van der Waals surface area contributed by atoms with Gasteiger partial charge in [0, 0.05) is 45.4 Å². The zero-order valence-corrected chi connectivity index (χ0v) is 22.1. The lowest BCUT2D eigenvalue weighted by atomic mass is 9.89. The summed E-state index contributed by atoms with van der Waals surface area (Å²) in [5.74, 6) is 1.68. The summed E-state index contributed by atoms with van der Waals surface area (Å²) in [6.07, 6.45) is 0.0946. The quantitative estimate of drug-likeness (QED) is 0.266. The summed E-state index contributed by atoms with van der Waals surface area (Å²) in [4.78, 5) is 7.14. The minimum absolute atomic E-state index is 0. The highest BCUT2D eigenvalue weighted by atomic mass is 127. The van der Waals surface area contributed by atoms with Crippen LogP contribution < -0.4 is 15.4 Å². The average Bonchev–Trinajstić information content (AvgIpc) is 2.73. The molecule has 0 aliphatic carbocycles. The highest BCUT2D eigenvalue weighted by Gasteiger charge is 2.24. The maximum absolute atomic E-state index is 6.08. The summed E-state index contributed by atoms with van der Waals surface area (Å²) in [7, 11) is 1.76. The Labute approximate surface area is 205 Å². The van der Waals surface area contributed by atoms with E-state index in [1.165, 1.54) is 0 Å². The molecule has 1 aromatic rings. The standard InChI is InChI=1S/C23H40N4O3.HI/c1-6-24-22(26-18-21(28-5)23(2,3)4)25-17-19-9-7-8-10-20(19)30-16-13-27-11-14-29-15-12-27;/h7-10,21H,6,11-18H2,1-5H3,(H2,24,25,26);1H. The molecule has 1 aliphatic heterocycles. The lowest BCUT2D eigenvalue weighted by molar-refractivity contribution is 0.0205. The van der Waals surface area contributed by atoms with Gasteiger partial charge in [0.05, 0.1) is 25.9 Å². The van der Waals surface area contributed by atoms with E-state index in [0.29, 0.717) is 19.7 Å². The second kappa shape index (κ2) is 14.9. The number of nitrogens with zero attached hydrogens (tertiary/aromatic N) is 2. The van der Waals surface area contributed by atoms with Crippen LogP contribution in [0.15, 0.2) is 29.3 Å². The summed E-state index contributed by atoms with van der Waals surface area (Å²) in [6, 6.07) is 8.13. The molecule has 1 saturated heterocycles. The van der Waals surface area contributed by atoms with Gasteiger partial charge >= 0.3 is 0 Å². The molecule has 0 bridgehead atoms. The van der Waals surface area contributed by atoms with Gasteiger partial charge in [-0.15, -0.1) is 24.0 Å². The normalized spacial score (nSPS) is 16.4. The van der Waals surface area contributed by atoms with Crippen LogP contribution in [-0.4, -0.2) is 76.6 Å². The highest BCUT2D eigenvalue weighted by molar-refractivity contribution is 14.0. The number of methoxy groups -OCH3 is 1. The number of para-hydroxylation sites is 1. The molecule has 2 N–H and O–H groups in total. The first-order valence-corrected chi connectivity index (χ1v) is 11.0. The van der Waals surface area contributed by atoms with Gasteiger partial charge in [-0.05, 0) is 18.4 Å². The minimum atomic E-state index is 0. The van der Waals surface area contributed by atoms with Crippen molar-refractivity contribution in [1.82, 2.24) is 15.5 Å². The van der Waals surface area contributed by atoms with Crippen LogP contribution in [0.2, 0.25) is 0 Å². The molecular weight excluding hydrogens is 507 g/mol. The van der Waals surface area contributed by atoms with Gasteiger partial charge in [0.15, 0.2) is 5.96 Å². The molecule has 0 amide bonds. The Kier molecular flexibility index (Phi) is 13.4. The van der Waals surface area contributed by atoms with E-state index in [0.717, 1.165) is 56.7 Å². The van der Waals surface area contributed by atoms with Crippen molar-refractivity contribution < 1.29 is 14.2 Å². The molecule has 0 saturated carbocycles. The van der Waals surface area contributed by atoms with Crippen molar-refractivity contribution in [3.05, 3.63) is 29.8 Å². The van der Waals surface area contributed by atoms with E-state index in [1.54, 1.807) is 7.11 Å². The lowest BCUT2D eigenvalue weighted by Crippen LogP contribution is -2.45. The first-order chi connectivity index (χ1) is 14.4. The second-order valence-corrected chi connectivity index (χ2v) is 8.58. The first kappa shape index (κ1) is 27.9. The van der Waals surface area contributed by atoms with Crippen molar-refractivity contribution in [3.8, 4) is 5.75 Å². The van der Waals surface area contributed by atoms with Gasteiger partial charge in [-0.2, -0.15) is 0 Å². The summed E-state index contributed by atoms with van der Waals surface area (Å²) in [5.41, 5.74) is 1.13. The van der Waals surface area contributed by atoms with Crippen LogP contribution in [0.5, 0.6) is 5.75 Å². The number of guanidine groups is 1. The summed E-state index contributed by atoms with van der Waals surface area (Å²) >= 11 is 0. The van der Waals surface area contributed by atoms with Crippen molar-refractivity contribution in [2.24, 2.45) is 10.4 Å². The Hall–Kier alpha value is -1.10. The molecule has 1 unspecified atom stereocenters. The molecule has 1 heterocycles. The van der Waals surface area contributed by atoms with Crippen LogP contribution >= 0.6 is 24.0 Å². The van der Waals surface area contributed by atoms with Crippen molar-refractivity contribution >= 4 is 29.9 Å². The molecular formula is C23H41IN4O3. The maximum atomic E-state index is 6.08. The van der Waals surface area contributed by atoms with Crippen LogP contribution in [-0.2, 0) is 16.0 Å². The monoisotopic (exact) mass is 548 g/mol. The van der Waals surface area contributed by atoms with Crippen LogP contribution in [0, 0.1) is 5.41 Å². The Balaban J connectivity index is 0.00000480. The Bertz CT molecular complexity index is 646. The van der Waals surface area contributed by atoms with Crippen molar-refractivity contribution in [1.29, 1.82) is 0 Å². The topological polar surface area (TPSA) is 67.4 Å². The van der Waals surface area contributed by atoms with Crippen LogP contribution in [0.3, 0.4) is 0 Å². The molecule has 31 heavy (non-hydrogen) atoms. The van der Waals surface area contributed by atoms with Gasteiger partial charge in [0.1, 0.15) is 12.4 Å². The van der Waals surface area contributed by atoms with Crippen LogP contribution in [0.25, 0.3) is 0 Å². The Morgan fingerprint density at radius 2 is 1.90 bits per heavy atom. The van der Waals surface area contributed by atoms with E-state index in [2.05, 4.69) is 49.3 Å². The van der Waals surface area contributed by atoms with Gasteiger partial charge in [0.25, 0.3) is 0 Å². The smallest absolute Gasteiger partial charge is 0.191 e. The summed E-state index contributed by atoms with van der Waals surface area (Å²) in [5, 5.41) is 6.72. The van der Waals surface area contributed by atoms with Gasteiger partial charge < -0.3 is 24.8 Å². The largest absolute Gasteiger partial charge is 0.492 e. The molecule has 0 spiro atoms. The Morgan fingerprint density at radius 1 is 1.19 bits per heavy atom. The van der Waals surface area contributed by atoms with Crippen molar-refractivity contribution in [2.75, 3.05) is 59.7 Å². The van der Waals surface area contributed by atoms with Gasteiger partial charge in [-0.3, -0.25) is 4.90 Å². The number of rotatable bonds is 10. The van der Waals surface area contributed by atoms with E-state index >= 15 is 0 Å². The van der Waals surface area contributed by atoms with Crippen LogP contribution in [0.1, 0.15) is 33.3 Å². The van der Waals surface area contributed by atoms with E-state index in [4.69, 9.17) is 19.2 Å². The first-order valence-electron chi connectivity index (χ1n) is 11.0. The number of hydrogen-bond donors (Lipinski definition) is 2. The number of halogens is 1. The minimum Gasteiger partial charge on any atom is -0.492 e. The molecule has 0 aromatic heterocycles. The van der Waals surface area contributed by atoms with Crippen LogP contribution in [0.4, 0.5) is 0 Å². The zero-order valence-electron chi connectivity index (χ0n) is 19.8. The maximum Gasteiger partial charge on any atom is 0.191 e. The van der Waals surface area contributed by atoms with Crippen molar-refractivity contribution in [3.63, 3.8) is 0 Å². The number of ether oxygens (including phenoxy) is 3. The number of nitrogens with one attached hydrogen (secondary N) is 2. The van der Waals surface area contributed by atoms with E-state index in [9.17, 15) is 0 Å². The molecule has 1 aromatic carbocycles. The third-order valence-corrected chi connectivity index (χ3v) is 5.20. The Morgan fingerprint density at radius 3 is 2.55 bits per heavy atom. The van der Waals surface area contributed by atoms with Crippen molar-refractivity contribution in [2.45, 2.75) is 40.3 Å². The number of aliphatic imine (C=N–C) groups is 1. The van der Waals surface area contributed by atoms with E-state index in [-0.39, 0.29) is 35.5 Å². The van der Waals surface area contributed by atoms with E-state index < -0.39 is 0 Å². The van der Waals surface area contributed by atoms with Gasteiger partial charge in [0.2, 0.25) is 0 Å². The number of benzene rings is 1. The summed E-state index contributed by atoms with van der Waals surface area (Å²) < 4.78 is 17.1. The fraction of sp³-hybridized carbons (Fsp3) is 0.696. The molecule has 1 aliphatic rings. The third-order valence-electron chi connectivity index (χ3n) is 5.20. The van der Waals surface area contributed by atoms with Gasteiger partial charge in [-0.1, -0.05) is 39.0 Å². The molecule has 2 rings (SSSR count). The molecule has 1 atom stereocenters. The predicted molar refractivity (Wildman–Crippen MR) is 138 cm³/mol. The van der Waals surface area contributed by atoms with Gasteiger partial charge in [-0.25, -0.2) is 4.99 Å². The average molecular weight is 549 g/mol. The highest BCUT2D eigenvalue weighted by Crippen LogP contribution is 2.21. The number of hydrogen-bond acceptors (Lipinski definition) is 5. The predicted octanol–water partition coefficient (Wildman–Crippen LogP) is 3.13. The number of morpholine rings is 1. The summed E-state index contributed by atoms with van der Waals surface area (Å²) in [6.45, 7) is 15.8. The fourth-order valence-corrected chi connectivity index (χ4v) is 3.32. The lowest BCUT2D eigenvalue weighted by Gasteiger charge is -2.30. The fourth-order valence-electron chi connectivity index (χ4n) is 3.32. The second-order valence-electron chi connectivity index (χ2n) is 8.58. The SMILES string of the molecule is CCNC(=NCc1ccccc1OCCN1CCOCC1)NCC(OC)C(C)(C)C.I. The zero-order chi connectivity index (χ0) is 21.8. The molecule has 8 heteroatoms. The molecule has 178 valence electrons. The van der Waals surface area contributed by atoms with E-state index in [1.807, 2.05) is 18.2 Å². The molecule has 7 nitrogen and oxygen atoms in total. The molecule has 1 fully saturated rings. The molecule has 0 radical (unpaired) electrons. The third kappa shape index (κ3) is 10.4.